The smallest absolute Gasteiger partial charge is 0.199 e. The number of aromatic amines is 1. The molecular formula is C8H8N4S. The Bertz CT molecular complexity index is 471. The first-order valence-corrected chi connectivity index (χ1v) is 4.17. The molecule has 1 aromatic heterocycles. The molecule has 0 atom stereocenters. The van der Waals surface area contributed by atoms with Crippen molar-refractivity contribution in [3.63, 3.8) is 0 Å². The van der Waals surface area contributed by atoms with Gasteiger partial charge in [-0.2, -0.15) is 5.10 Å². The monoisotopic (exact) mass is 192 g/mol. The van der Waals surface area contributed by atoms with E-state index < -0.39 is 0 Å². The van der Waals surface area contributed by atoms with Crippen LogP contribution in [-0.2, 0) is 0 Å². The highest BCUT2D eigenvalue weighted by molar-refractivity contribution is 7.71. The zero-order valence-electron chi connectivity index (χ0n) is 6.77. The number of hydrogen-bond donors (Lipinski definition) is 2. The topological polar surface area (TPSA) is 59.6 Å². The van der Waals surface area contributed by atoms with Crippen molar-refractivity contribution in [3.8, 4) is 5.69 Å². The van der Waals surface area contributed by atoms with Gasteiger partial charge in [-0.25, -0.2) is 0 Å². The van der Waals surface area contributed by atoms with Gasteiger partial charge in [0.05, 0.1) is 11.4 Å². The Kier molecular flexibility index (Phi) is 1.86. The van der Waals surface area contributed by atoms with E-state index >= 15 is 0 Å². The van der Waals surface area contributed by atoms with Crippen molar-refractivity contribution in [2.75, 3.05) is 5.73 Å². The number of nitrogen functional groups attached to an aromatic ring is 1. The van der Waals surface area contributed by atoms with Crippen molar-refractivity contribution < 1.29 is 0 Å². The summed E-state index contributed by atoms with van der Waals surface area (Å²) in [6, 6.07) is 7.49. The van der Waals surface area contributed by atoms with Crippen LogP contribution in [0.5, 0.6) is 0 Å². The molecule has 2 aromatic rings. The van der Waals surface area contributed by atoms with E-state index in [1.807, 2.05) is 24.3 Å². The van der Waals surface area contributed by atoms with Crippen molar-refractivity contribution in [2.24, 2.45) is 0 Å². The maximum absolute atomic E-state index is 5.77. The van der Waals surface area contributed by atoms with E-state index in [-0.39, 0.29) is 0 Å². The van der Waals surface area contributed by atoms with Crippen LogP contribution in [0, 0.1) is 4.77 Å². The van der Waals surface area contributed by atoms with Gasteiger partial charge in [0, 0.05) is 0 Å². The Morgan fingerprint density at radius 1 is 1.38 bits per heavy atom. The van der Waals surface area contributed by atoms with Crippen molar-refractivity contribution in [1.82, 2.24) is 14.8 Å². The molecule has 0 spiro atoms. The van der Waals surface area contributed by atoms with Crippen LogP contribution in [0.4, 0.5) is 5.69 Å². The predicted molar refractivity (Wildman–Crippen MR) is 53.2 cm³/mol. The van der Waals surface area contributed by atoms with Gasteiger partial charge in [0.25, 0.3) is 0 Å². The van der Waals surface area contributed by atoms with Crippen molar-refractivity contribution in [3.05, 3.63) is 35.4 Å². The summed E-state index contributed by atoms with van der Waals surface area (Å²) in [6.07, 6.45) is 1.61. The predicted octanol–water partition coefficient (Wildman–Crippen LogP) is 1.51. The van der Waals surface area contributed by atoms with Gasteiger partial charge < -0.3 is 5.73 Å². The van der Waals surface area contributed by atoms with E-state index in [0.717, 1.165) is 5.69 Å². The van der Waals surface area contributed by atoms with E-state index in [9.17, 15) is 0 Å². The van der Waals surface area contributed by atoms with Gasteiger partial charge in [-0.15, -0.1) is 0 Å². The van der Waals surface area contributed by atoms with Gasteiger partial charge in [0.2, 0.25) is 0 Å². The van der Waals surface area contributed by atoms with E-state index in [0.29, 0.717) is 10.5 Å². The molecule has 0 aliphatic heterocycles. The first-order valence-electron chi connectivity index (χ1n) is 3.76. The van der Waals surface area contributed by atoms with Crippen LogP contribution in [0.25, 0.3) is 5.69 Å². The van der Waals surface area contributed by atoms with Gasteiger partial charge in [-0.05, 0) is 24.4 Å². The number of hydrogen-bond acceptors (Lipinski definition) is 3. The van der Waals surface area contributed by atoms with Crippen LogP contribution in [0.1, 0.15) is 0 Å². The zero-order valence-corrected chi connectivity index (χ0v) is 7.58. The number of anilines is 1. The fourth-order valence-corrected chi connectivity index (χ4v) is 1.32. The summed E-state index contributed by atoms with van der Waals surface area (Å²) in [5.41, 5.74) is 7.30. The molecule has 0 unspecified atom stereocenters. The lowest BCUT2D eigenvalue weighted by molar-refractivity contribution is 1.03. The standard InChI is InChI=1S/C8H8N4S/c9-6-3-1-2-4-7(6)12-5-10-11-8(12)13/h1-5H,9H2,(H,11,13). The number of para-hydroxylation sites is 2. The first-order chi connectivity index (χ1) is 6.29. The van der Waals surface area contributed by atoms with Gasteiger partial charge in [-0.3, -0.25) is 9.67 Å². The lowest BCUT2D eigenvalue weighted by atomic mass is 10.3. The number of nitrogens with two attached hydrogens (primary N) is 1. The maximum atomic E-state index is 5.77. The maximum Gasteiger partial charge on any atom is 0.199 e. The average molecular weight is 192 g/mol. The normalized spacial score (nSPS) is 10.2. The van der Waals surface area contributed by atoms with E-state index in [4.69, 9.17) is 18.0 Å². The Morgan fingerprint density at radius 3 is 2.77 bits per heavy atom. The van der Waals surface area contributed by atoms with Crippen molar-refractivity contribution in [2.45, 2.75) is 0 Å². The Morgan fingerprint density at radius 2 is 2.15 bits per heavy atom. The lowest BCUT2D eigenvalue weighted by Crippen LogP contribution is -1.97. The van der Waals surface area contributed by atoms with Gasteiger partial charge in [0.15, 0.2) is 4.77 Å². The van der Waals surface area contributed by atoms with Crippen molar-refractivity contribution in [1.29, 1.82) is 0 Å². The molecule has 13 heavy (non-hydrogen) atoms. The van der Waals surface area contributed by atoms with Gasteiger partial charge in [0.1, 0.15) is 6.33 Å². The highest BCUT2D eigenvalue weighted by Crippen LogP contribution is 2.15. The molecule has 0 bridgehead atoms. The minimum atomic E-state index is 0.540. The molecule has 0 aliphatic carbocycles. The molecule has 0 saturated heterocycles. The fourth-order valence-electron chi connectivity index (χ4n) is 1.13. The van der Waals surface area contributed by atoms with Crippen LogP contribution in [-0.4, -0.2) is 14.8 Å². The van der Waals surface area contributed by atoms with E-state index in [1.54, 1.807) is 10.9 Å². The van der Waals surface area contributed by atoms with E-state index in [2.05, 4.69) is 10.2 Å². The Labute approximate surface area is 80.0 Å². The summed E-state index contributed by atoms with van der Waals surface area (Å²) in [6.45, 7) is 0. The molecule has 1 heterocycles. The molecule has 0 fully saturated rings. The van der Waals surface area contributed by atoms with Crippen LogP contribution in [0.3, 0.4) is 0 Å². The summed E-state index contributed by atoms with van der Waals surface area (Å²) in [5, 5.41) is 6.48. The third-order valence-corrected chi connectivity index (χ3v) is 2.04. The number of aromatic nitrogens is 3. The molecule has 5 heteroatoms. The second-order valence-corrected chi connectivity index (χ2v) is 2.98. The largest absolute Gasteiger partial charge is 0.397 e. The lowest BCUT2D eigenvalue weighted by Gasteiger charge is -2.03. The van der Waals surface area contributed by atoms with Crippen LogP contribution < -0.4 is 5.73 Å². The van der Waals surface area contributed by atoms with Gasteiger partial charge in [-0.1, -0.05) is 12.1 Å². The van der Waals surface area contributed by atoms with Gasteiger partial charge >= 0.3 is 0 Å². The summed E-state index contributed by atoms with van der Waals surface area (Å²) >= 11 is 5.02. The first kappa shape index (κ1) is 8.00. The second kappa shape index (κ2) is 3.02. The second-order valence-electron chi connectivity index (χ2n) is 2.59. The minimum Gasteiger partial charge on any atom is -0.397 e. The molecule has 0 saturated carbocycles. The van der Waals surface area contributed by atoms with Crippen LogP contribution in [0.15, 0.2) is 30.6 Å². The quantitative estimate of drug-likeness (QED) is 0.532. The molecule has 0 amide bonds. The number of nitrogens with zero attached hydrogens (tertiary/aromatic N) is 2. The number of benzene rings is 1. The molecule has 0 aliphatic rings. The minimum absolute atomic E-state index is 0.540. The molecule has 4 nitrogen and oxygen atoms in total. The molecule has 0 radical (unpaired) electrons. The highest BCUT2D eigenvalue weighted by Gasteiger charge is 2.00. The third kappa shape index (κ3) is 1.33. The molecule has 3 N–H and O–H groups in total. The Balaban J connectivity index is 2.66. The van der Waals surface area contributed by atoms with E-state index in [1.165, 1.54) is 0 Å². The molecule has 1 aromatic carbocycles. The number of rotatable bonds is 1. The molecule has 2 rings (SSSR count). The third-order valence-electron chi connectivity index (χ3n) is 1.75. The van der Waals surface area contributed by atoms with Crippen LogP contribution in [0.2, 0.25) is 0 Å². The zero-order chi connectivity index (χ0) is 9.26. The molecule has 66 valence electrons. The average Bonchev–Trinajstić information content (AvgIpc) is 2.52. The summed E-state index contributed by atoms with van der Waals surface area (Å²) < 4.78 is 2.27. The summed E-state index contributed by atoms with van der Waals surface area (Å²) in [4.78, 5) is 0. The van der Waals surface area contributed by atoms with Crippen LogP contribution >= 0.6 is 12.2 Å². The number of nitrogens with one attached hydrogen (secondary N) is 1. The summed E-state index contributed by atoms with van der Waals surface area (Å²) in [7, 11) is 0. The Hall–Kier alpha value is -1.62. The molecular weight excluding hydrogens is 184 g/mol. The SMILES string of the molecule is Nc1ccccc1-n1cn[nH]c1=S. The summed E-state index contributed by atoms with van der Waals surface area (Å²) in [5.74, 6) is 0. The fraction of sp³-hybridized carbons (Fsp3) is 0. The number of H-pyrrole nitrogens is 1. The highest BCUT2D eigenvalue weighted by atomic mass is 32.1. The van der Waals surface area contributed by atoms with Crippen molar-refractivity contribution >= 4 is 17.9 Å².